The molecule has 0 saturated carbocycles. The van der Waals surface area contributed by atoms with Crippen LogP contribution in [0.4, 0.5) is 0 Å². The van der Waals surface area contributed by atoms with Crippen molar-refractivity contribution in [3.63, 3.8) is 0 Å². The van der Waals surface area contributed by atoms with Crippen molar-refractivity contribution < 1.29 is 9.59 Å². The first-order valence-corrected chi connectivity index (χ1v) is 5.81. The fourth-order valence-electron chi connectivity index (χ4n) is 1.14. The molecule has 1 aromatic heterocycles. The maximum absolute atomic E-state index is 11.2. The summed E-state index contributed by atoms with van der Waals surface area (Å²) in [4.78, 5) is 22.5. The van der Waals surface area contributed by atoms with Gasteiger partial charge in [0.25, 0.3) is 0 Å². The third kappa shape index (κ3) is 3.87. The number of rotatable bonds is 3. The molecule has 0 unspecified atom stereocenters. The van der Waals surface area contributed by atoms with Crippen LogP contribution in [0.5, 0.6) is 0 Å². The molecule has 0 spiro atoms. The molecule has 0 radical (unpaired) electrons. The molecule has 0 aliphatic carbocycles. The zero-order valence-corrected chi connectivity index (χ0v) is 10.1. The average Bonchev–Trinajstić information content (AvgIpc) is 2.65. The Morgan fingerprint density at radius 3 is 2.81 bits per heavy atom. The monoisotopic (exact) mass is 235 g/mol. The highest BCUT2D eigenvalue weighted by molar-refractivity contribution is 7.12. The lowest BCUT2D eigenvalue weighted by molar-refractivity contribution is -0.118. The van der Waals surface area contributed by atoms with Gasteiger partial charge in [-0.1, -0.05) is 11.8 Å². The molecule has 1 N–H and O–H groups in total. The number of thiophene rings is 1. The summed E-state index contributed by atoms with van der Waals surface area (Å²) >= 11 is 1.40. The average molecular weight is 235 g/mol. The van der Waals surface area contributed by atoms with E-state index in [1.165, 1.54) is 25.2 Å². The van der Waals surface area contributed by atoms with Gasteiger partial charge in [0.2, 0.25) is 5.91 Å². The van der Waals surface area contributed by atoms with Crippen LogP contribution in [0.3, 0.4) is 0 Å². The van der Waals surface area contributed by atoms with Crippen LogP contribution in [0.2, 0.25) is 0 Å². The van der Waals surface area contributed by atoms with Crippen LogP contribution in [0.15, 0.2) is 11.4 Å². The molecular formula is C12H13NO2S. The van der Waals surface area contributed by atoms with E-state index in [2.05, 4.69) is 17.2 Å². The van der Waals surface area contributed by atoms with Crippen LogP contribution in [-0.2, 0) is 4.79 Å². The van der Waals surface area contributed by atoms with E-state index in [4.69, 9.17) is 0 Å². The van der Waals surface area contributed by atoms with Gasteiger partial charge in [0.15, 0.2) is 5.78 Å². The van der Waals surface area contributed by atoms with Crippen molar-refractivity contribution in [2.45, 2.75) is 20.3 Å². The van der Waals surface area contributed by atoms with Gasteiger partial charge in [0.05, 0.1) is 4.88 Å². The van der Waals surface area contributed by atoms with Crippen LogP contribution >= 0.6 is 11.3 Å². The van der Waals surface area contributed by atoms with E-state index in [-0.39, 0.29) is 11.7 Å². The van der Waals surface area contributed by atoms with Crippen molar-refractivity contribution >= 4 is 23.0 Å². The van der Waals surface area contributed by atoms with Crippen LogP contribution in [0, 0.1) is 11.8 Å². The summed E-state index contributed by atoms with van der Waals surface area (Å²) in [7, 11) is 0. The summed E-state index contributed by atoms with van der Waals surface area (Å²) < 4.78 is 0. The van der Waals surface area contributed by atoms with Crippen LogP contribution in [0.1, 0.15) is 35.5 Å². The quantitative estimate of drug-likeness (QED) is 0.493. The molecule has 0 fully saturated rings. The lowest BCUT2D eigenvalue weighted by Crippen LogP contribution is -2.20. The summed E-state index contributed by atoms with van der Waals surface area (Å²) in [6.45, 7) is 3.55. The van der Waals surface area contributed by atoms with Gasteiger partial charge in [-0.3, -0.25) is 9.59 Å². The van der Waals surface area contributed by atoms with Gasteiger partial charge in [0, 0.05) is 25.5 Å². The van der Waals surface area contributed by atoms with Gasteiger partial charge in [-0.05, 0) is 18.4 Å². The van der Waals surface area contributed by atoms with Crippen molar-refractivity contribution in [3.05, 3.63) is 21.9 Å². The van der Waals surface area contributed by atoms with Crippen LogP contribution in [-0.4, -0.2) is 18.2 Å². The molecule has 0 aromatic carbocycles. The van der Waals surface area contributed by atoms with Gasteiger partial charge in [0.1, 0.15) is 0 Å². The number of carbonyl (C=O) groups excluding carboxylic acids is 2. The molecule has 0 atom stereocenters. The summed E-state index contributed by atoms with van der Waals surface area (Å²) in [6.07, 6.45) is 0.590. The van der Waals surface area contributed by atoms with Crippen LogP contribution in [0.25, 0.3) is 0 Å². The minimum absolute atomic E-state index is 0.0427. The van der Waals surface area contributed by atoms with Gasteiger partial charge < -0.3 is 5.32 Å². The summed E-state index contributed by atoms with van der Waals surface area (Å²) in [5.41, 5.74) is 0.778. The maximum atomic E-state index is 11.2. The lowest BCUT2D eigenvalue weighted by Gasteiger charge is -1.94. The maximum Gasteiger partial charge on any atom is 0.216 e. The predicted molar refractivity (Wildman–Crippen MR) is 64.5 cm³/mol. The highest BCUT2D eigenvalue weighted by Crippen LogP contribution is 2.15. The van der Waals surface area contributed by atoms with Crippen molar-refractivity contribution in [1.82, 2.24) is 5.32 Å². The Hall–Kier alpha value is -1.60. The molecule has 16 heavy (non-hydrogen) atoms. The number of hydrogen-bond acceptors (Lipinski definition) is 3. The lowest BCUT2D eigenvalue weighted by atomic mass is 10.2. The fourth-order valence-corrected chi connectivity index (χ4v) is 1.89. The number of carbonyl (C=O) groups is 2. The molecular weight excluding hydrogens is 222 g/mol. The van der Waals surface area contributed by atoms with E-state index in [9.17, 15) is 9.59 Å². The van der Waals surface area contributed by atoms with Crippen molar-refractivity contribution in [3.8, 4) is 11.8 Å². The van der Waals surface area contributed by atoms with E-state index < -0.39 is 0 Å². The van der Waals surface area contributed by atoms with Crippen molar-refractivity contribution in [2.24, 2.45) is 0 Å². The molecule has 1 rings (SSSR count). The SMILES string of the molecule is CC(=O)NCCC#Cc1ccsc1C(C)=O. The van der Waals surface area contributed by atoms with E-state index >= 15 is 0 Å². The zero-order valence-electron chi connectivity index (χ0n) is 9.29. The Kier molecular flexibility index (Phi) is 4.74. The topological polar surface area (TPSA) is 46.2 Å². The number of amides is 1. The Bertz CT molecular complexity index is 451. The second-order valence-corrected chi connectivity index (χ2v) is 4.17. The molecule has 1 amide bonds. The van der Waals surface area contributed by atoms with Crippen molar-refractivity contribution in [1.29, 1.82) is 0 Å². The fraction of sp³-hybridized carbons (Fsp3) is 0.333. The molecule has 0 aliphatic heterocycles. The summed E-state index contributed by atoms with van der Waals surface area (Å²) in [6, 6.07) is 1.84. The minimum Gasteiger partial charge on any atom is -0.355 e. The van der Waals surface area contributed by atoms with E-state index in [1.807, 2.05) is 11.4 Å². The summed E-state index contributed by atoms with van der Waals surface area (Å²) in [5, 5.41) is 4.51. The van der Waals surface area contributed by atoms with Gasteiger partial charge in [-0.2, -0.15) is 0 Å². The Morgan fingerprint density at radius 1 is 1.44 bits per heavy atom. The third-order valence-electron chi connectivity index (χ3n) is 1.83. The predicted octanol–water partition coefficient (Wildman–Crippen LogP) is 1.83. The van der Waals surface area contributed by atoms with Crippen molar-refractivity contribution in [2.75, 3.05) is 6.54 Å². The highest BCUT2D eigenvalue weighted by atomic mass is 32.1. The second-order valence-electron chi connectivity index (χ2n) is 3.25. The Labute approximate surface area is 98.9 Å². The second kappa shape index (κ2) is 6.09. The van der Waals surface area contributed by atoms with E-state index in [0.717, 1.165) is 5.56 Å². The molecule has 3 nitrogen and oxygen atoms in total. The largest absolute Gasteiger partial charge is 0.355 e. The van der Waals surface area contributed by atoms with E-state index in [1.54, 1.807) is 0 Å². The zero-order chi connectivity index (χ0) is 12.0. The van der Waals surface area contributed by atoms with Gasteiger partial charge >= 0.3 is 0 Å². The van der Waals surface area contributed by atoms with E-state index in [0.29, 0.717) is 17.8 Å². The Balaban J connectivity index is 2.53. The highest BCUT2D eigenvalue weighted by Gasteiger charge is 2.05. The van der Waals surface area contributed by atoms with Gasteiger partial charge in [-0.15, -0.1) is 11.3 Å². The number of hydrogen-bond donors (Lipinski definition) is 1. The molecule has 4 heteroatoms. The third-order valence-corrected chi connectivity index (χ3v) is 2.85. The first-order chi connectivity index (χ1) is 7.61. The first kappa shape index (κ1) is 12.5. The molecule has 0 aliphatic rings. The molecule has 1 aromatic rings. The van der Waals surface area contributed by atoms with Gasteiger partial charge in [-0.25, -0.2) is 0 Å². The summed E-state index contributed by atoms with van der Waals surface area (Å²) in [5.74, 6) is 5.85. The number of Topliss-reactive ketones (excluding diaryl/α,β-unsaturated/α-hetero) is 1. The smallest absolute Gasteiger partial charge is 0.216 e. The van der Waals surface area contributed by atoms with Crippen LogP contribution < -0.4 is 5.32 Å². The molecule has 0 bridgehead atoms. The Morgan fingerprint density at radius 2 is 2.19 bits per heavy atom. The number of nitrogens with one attached hydrogen (secondary N) is 1. The minimum atomic E-state index is -0.0539. The standard InChI is InChI=1S/C12H13NO2S/c1-9(14)12-11(6-8-16-12)5-3-4-7-13-10(2)15/h6,8H,4,7H2,1-2H3,(H,13,15). The molecule has 0 saturated heterocycles. The molecule has 1 heterocycles. The molecule has 84 valence electrons. The first-order valence-electron chi connectivity index (χ1n) is 4.93. The number of ketones is 1. The normalized spacial score (nSPS) is 9.12.